The molecule has 96 valence electrons. The maximum absolute atomic E-state index is 5.44. The zero-order valence-electron chi connectivity index (χ0n) is 11.4. The van der Waals surface area contributed by atoms with Crippen molar-refractivity contribution in [2.24, 2.45) is 0 Å². The van der Waals surface area contributed by atoms with Crippen molar-refractivity contribution in [2.45, 2.75) is 34.2 Å². The average molecular weight is 245 g/mol. The highest BCUT2D eigenvalue weighted by atomic mass is 16.3. The zero-order chi connectivity index (χ0) is 13.1. The molecular weight excluding hydrogens is 226 g/mol. The molecule has 2 aromatic rings. The van der Waals surface area contributed by atoms with Gasteiger partial charge in [-0.25, -0.2) is 9.97 Å². The topological polar surface area (TPSA) is 51.0 Å². The van der Waals surface area contributed by atoms with Crippen LogP contribution in [0.5, 0.6) is 0 Å². The fraction of sp³-hybridized carbons (Fsp3) is 0.429. The van der Waals surface area contributed by atoms with E-state index in [9.17, 15) is 0 Å². The monoisotopic (exact) mass is 245 g/mol. The van der Waals surface area contributed by atoms with Gasteiger partial charge >= 0.3 is 0 Å². The molecule has 0 saturated carbocycles. The van der Waals surface area contributed by atoms with Crippen molar-refractivity contribution < 1.29 is 4.42 Å². The van der Waals surface area contributed by atoms with E-state index in [1.54, 1.807) is 6.26 Å². The Balaban J connectivity index is 2.39. The van der Waals surface area contributed by atoms with Gasteiger partial charge in [-0.2, -0.15) is 0 Å². The van der Waals surface area contributed by atoms with Crippen molar-refractivity contribution in [3.63, 3.8) is 0 Å². The molecule has 0 unspecified atom stereocenters. The molecule has 0 atom stereocenters. The second-order valence-electron chi connectivity index (χ2n) is 4.41. The lowest BCUT2D eigenvalue weighted by molar-refractivity contribution is 0.574. The van der Waals surface area contributed by atoms with Crippen molar-refractivity contribution >= 4 is 0 Å². The molecule has 1 N–H and O–H groups in total. The van der Waals surface area contributed by atoms with Crippen molar-refractivity contribution in [3.8, 4) is 11.6 Å². The molecule has 0 aromatic carbocycles. The Morgan fingerprint density at radius 1 is 1.17 bits per heavy atom. The maximum atomic E-state index is 5.44. The lowest BCUT2D eigenvalue weighted by atomic mass is 10.1. The summed E-state index contributed by atoms with van der Waals surface area (Å²) >= 11 is 0. The predicted octanol–water partition coefficient (Wildman–Crippen LogP) is 2.77. The Kier molecular flexibility index (Phi) is 3.77. The molecule has 0 saturated heterocycles. The van der Waals surface area contributed by atoms with E-state index in [0.29, 0.717) is 5.82 Å². The quantitative estimate of drug-likeness (QED) is 0.900. The van der Waals surface area contributed by atoms with E-state index in [0.717, 1.165) is 35.8 Å². The first kappa shape index (κ1) is 12.8. The van der Waals surface area contributed by atoms with Crippen LogP contribution >= 0.6 is 0 Å². The van der Waals surface area contributed by atoms with E-state index in [4.69, 9.17) is 4.42 Å². The molecule has 0 fully saturated rings. The lowest BCUT2D eigenvalue weighted by Crippen LogP contribution is -2.15. The smallest absolute Gasteiger partial charge is 0.196 e. The van der Waals surface area contributed by atoms with Crippen LogP contribution < -0.4 is 5.32 Å². The summed E-state index contributed by atoms with van der Waals surface area (Å²) in [5, 5.41) is 3.31. The largest absolute Gasteiger partial charge is 0.461 e. The van der Waals surface area contributed by atoms with Crippen LogP contribution in [0.4, 0.5) is 0 Å². The van der Waals surface area contributed by atoms with Gasteiger partial charge in [0.2, 0.25) is 0 Å². The van der Waals surface area contributed by atoms with Gasteiger partial charge < -0.3 is 9.73 Å². The van der Waals surface area contributed by atoms with E-state index < -0.39 is 0 Å². The Hall–Kier alpha value is -1.68. The van der Waals surface area contributed by atoms with Crippen LogP contribution in [0.2, 0.25) is 0 Å². The maximum Gasteiger partial charge on any atom is 0.196 e. The van der Waals surface area contributed by atoms with Gasteiger partial charge in [-0.15, -0.1) is 0 Å². The fourth-order valence-corrected chi connectivity index (χ4v) is 1.95. The minimum Gasteiger partial charge on any atom is -0.461 e. The van der Waals surface area contributed by atoms with E-state index in [2.05, 4.69) is 22.2 Å². The Morgan fingerprint density at radius 2 is 1.83 bits per heavy atom. The van der Waals surface area contributed by atoms with Crippen LogP contribution in [0, 0.1) is 20.8 Å². The first-order valence-corrected chi connectivity index (χ1v) is 6.22. The van der Waals surface area contributed by atoms with Gasteiger partial charge in [-0.3, -0.25) is 0 Å². The summed E-state index contributed by atoms with van der Waals surface area (Å²) in [6.45, 7) is 9.88. The average Bonchev–Trinajstić information content (AvgIpc) is 2.74. The van der Waals surface area contributed by atoms with Crippen molar-refractivity contribution in [1.29, 1.82) is 0 Å². The molecule has 4 heteroatoms. The number of hydrogen-bond donors (Lipinski definition) is 1. The number of aryl methyl sites for hydroxylation is 3. The molecule has 0 aliphatic carbocycles. The predicted molar refractivity (Wildman–Crippen MR) is 71.3 cm³/mol. The summed E-state index contributed by atoms with van der Waals surface area (Å²) < 4.78 is 5.44. The van der Waals surface area contributed by atoms with Crippen molar-refractivity contribution in [3.05, 3.63) is 34.8 Å². The molecule has 4 nitrogen and oxygen atoms in total. The first-order valence-electron chi connectivity index (χ1n) is 6.22. The summed E-state index contributed by atoms with van der Waals surface area (Å²) in [6.07, 6.45) is 1.67. The molecule has 0 aliphatic heterocycles. The van der Waals surface area contributed by atoms with Crippen LogP contribution in [-0.2, 0) is 6.54 Å². The first-order chi connectivity index (χ1) is 8.63. The minimum atomic E-state index is 0.674. The fourth-order valence-electron chi connectivity index (χ4n) is 1.95. The van der Waals surface area contributed by atoms with Gasteiger partial charge in [0.1, 0.15) is 0 Å². The van der Waals surface area contributed by atoms with Gasteiger partial charge in [-0.1, -0.05) is 6.92 Å². The number of nitrogens with one attached hydrogen (secondary N) is 1. The molecule has 2 aromatic heterocycles. The zero-order valence-corrected chi connectivity index (χ0v) is 11.4. The van der Waals surface area contributed by atoms with Crippen LogP contribution in [0.3, 0.4) is 0 Å². The van der Waals surface area contributed by atoms with Gasteiger partial charge in [0, 0.05) is 23.5 Å². The minimum absolute atomic E-state index is 0.674. The van der Waals surface area contributed by atoms with E-state index in [-0.39, 0.29) is 0 Å². The van der Waals surface area contributed by atoms with Crippen molar-refractivity contribution in [1.82, 2.24) is 15.3 Å². The molecule has 0 amide bonds. The Morgan fingerprint density at radius 3 is 2.33 bits per heavy atom. The Labute approximate surface area is 107 Å². The normalized spacial score (nSPS) is 10.9. The second-order valence-corrected chi connectivity index (χ2v) is 4.41. The van der Waals surface area contributed by atoms with Crippen LogP contribution in [0.15, 0.2) is 16.7 Å². The molecule has 0 spiro atoms. The SMILES string of the molecule is CCNCc1c(C)nc(-c2occc2C)nc1C. The molecule has 2 rings (SSSR count). The van der Waals surface area contributed by atoms with Crippen molar-refractivity contribution in [2.75, 3.05) is 6.54 Å². The lowest BCUT2D eigenvalue weighted by Gasteiger charge is -2.10. The number of furan rings is 1. The number of aromatic nitrogens is 2. The van der Waals surface area contributed by atoms with E-state index in [1.165, 1.54) is 5.56 Å². The van der Waals surface area contributed by atoms with Gasteiger partial charge in [-0.05, 0) is 38.9 Å². The standard InChI is InChI=1S/C14H19N3O/c1-5-15-8-12-10(3)16-14(17-11(12)4)13-9(2)6-7-18-13/h6-7,15H,5,8H2,1-4H3. The molecule has 18 heavy (non-hydrogen) atoms. The summed E-state index contributed by atoms with van der Waals surface area (Å²) in [4.78, 5) is 9.09. The molecule has 2 heterocycles. The van der Waals surface area contributed by atoms with E-state index in [1.807, 2.05) is 26.8 Å². The van der Waals surface area contributed by atoms with Gasteiger partial charge in [0.25, 0.3) is 0 Å². The third-order valence-electron chi connectivity index (χ3n) is 3.04. The van der Waals surface area contributed by atoms with E-state index >= 15 is 0 Å². The summed E-state index contributed by atoms with van der Waals surface area (Å²) in [7, 11) is 0. The molecular formula is C14H19N3O. The third kappa shape index (κ3) is 2.43. The van der Waals surface area contributed by atoms with Crippen LogP contribution in [-0.4, -0.2) is 16.5 Å². The molecule has 0 aliphatic rings. The highest BCUT2D eigenvalue weighted by Gasteiger charge is 2.13. The number of nitrogens with zero attached hydrogens (tertiary/aromatic N) is 2. The summed E-state index contributed by atoms with van der Waals surface area (Å²) in [5.74, 6) is 1.43. The molecule has 0 bridgehead atoms. The summed E-state index contributed by atoms with van der Waals surface area (Å²) in [6, 6.07) is 1.93. The second kappa shape index (κ2) is 5.31. The van der Waals surface area contributed by atoms with Crippen LogP contribution in [0.1, 0.15) is 29.4 Å². The third-order valence-corrected chi connectivity index (χ3v) is 3.04. The summed E-state index contributed by atoms with van der Waals surface area (Å²) in [5.41, 5.74) is 4.25. The highest BCUT2D eigenvalue weighted by Crippen LogP contribution is 2.22. The Bertz CT molecular complexity index is 523. The van der Waals surface area contributed by atoms with Gasteiger partial charge in [0.05, 0.1) is 6.26 Å². The molecule has 0 radical (unpaired) electrons. The van der Waals surface area contributed by atoms with Gasteiger partial charge in [0.15, 0.2) is 11.6 Å². The number of rotatable bonds is 4. The van der Waals surface area contributed by atoms with Crippen LogP contribution in [0.25, 0.3) is 11.6 Å². The number of hydrogen-bond acceptors (Lipinski definition) is 4. The highest BCUT2D eigenvalue weighted by molar-refractivity contribution is 5.53.